The van der Waals surface area contributed by atoms with Gasteiger partial charge in [0.1, 0.15) is 4.62 Å². The Morgan fingerprint density at radius 1 is 2.00 bits per heavy atom. The Morgan fingerprint density at radius 3 is 3.10 bits per heavy atom. The number of hydrogen-bond acceptors (Lipinski definition) is 3. The third-order valence-electron chi connectivity index (χ3n) is 0.917. The summed E-state index contributed by atoms with van der Waals surface area (Å²) in [6.07, 6.45) is -1.19. The number of carbonyl (C=O) groups is 1. The fourth-order valence-corrected chi connectivity index (χ4v) is 0.941. The van der Waals surface area contributed by atoms with Crippen LogP contribution in [0.1, 0.15) is 6.42 Å². The average molecular weight is 209 g/mol. The second-order valence-electron chi connectivity index (χ2n) is 1.72. The van der Waals surface area contributed by atoms with E-state index < -0.39 is 12.3 Å². The Labute approximate surface area is 65.2 Å². The molecule has 1 rings (SSSR count). The molecule has 0 aromatic heterocycles. The first-order valence-corrected chi connectivity index (χ1v) is 3.35. The molecule has 2 N–H and O–H groups in total. The van der Waals surface area contributed by atoms with Gasteiger partial charge in [0.15, 0.2) is 0 Å². The molecule has 10 heavy (non-hydrogen) atoms. The van der Waals surface area contributed by atoms with Gasteiger partial charge in [-0.05, 0) is 15.9 Å². The predicted molar refractivity (Wildman–Crippen MR) is 37.0 cm³/mol. The molecule has 6 heteroatoms. The highest BCUT2D eigenvalue weighted by Crippen LogP contribution is 2.11. The van der Waals surface area contributed by atoms with Gasteiger partial charge >= 0.3 is 6.09 Å². The van der Waals surface area contributed by atoms with Crippen molar-refractivity contribution >= 4 is 26.6 Å². The summed E-state index contributed by atoms with van der Waals surface area (Å²) in [6, 6.07) is 0. The Bertz CT molecular complexity index is 181. The summed E-state index contributed by atoms with van der Waals surface area (Å²) < 4.78 is 0.617. The molecule has 0 bridgehead atoms. The van der Waals surface area contributed by atoms with Crippen LogP contribution in [-0.4, -0.2) is 22.0 Å². The van der Waals surface area contributed by atoms with E-state index in [9.17, 15) is 4.79 Å². The molecule has 5 nitrogen and oxygen atoms in total. The largest absolute Gasteiger partial charge is 0.465 e. The third kappa shape index (κ3) is 1.87. The molecule has 0 fully saturated rings. The van der Waals surface area contributed by atoms with E-state index in [1.807, 2.05) is 0 Å². The van der Waals surface area contributed by atoms with Gasteiger partial charge in [-0.1, -0.05) is 5.16 Å². The van der Waals surface area contributed by atoms with Crippen molar-refractivity contribution in [2.24, 2.45) is 5.16 Å². The summed E-state index contributed by atoms with van der Waals surface area (Å²) in [7, 11) is 0. The van der Waals surface area contributed by atoms with Crippen LogP contribution in [0.5, 0.6) is 0 Å². The van der Waals surface area contributed by atoms with E-state index >= 15 is 0 Å². The molecule has 0 saturated heterocycles. The Hall–Kier alpha value is -0.780. The Kier molecular flexibility index (Phi) is 2.10. The van der Waals surface area contributed by atoms with E-state index in [1.165, 1.54) is 0 Å². The van der Waals surface area contributed by atoms with E-state index in [0.29, 0.717) is 11.0 Å². The molecule has 1 aliphatic heterocycles. The SMILES string of the molecule is O=C(O)NC1CC(Br)=NO1. The van der Waals surface area contributed by atoms with Crippen molar-refractivity contribution in [1.29, 1.82) is 0 Å². The maximum Gasteiger partial charge on any atom is 0.407 e. The molecule has 1 aliphatic rings. The molecule has 0 saturated carbocycles. The number of amides is 1. The van der Waals surface area contributed by atoms with Gasteiger partial charge in [-0.3, -0.25) is 5.32 Å². The van der Waals surface area contributed by atoms with Crippen molar-refractivity contribution in [3.05, 3.63) is 0 Å². The van der Waals surface area contributed by atoms with Crippen LogP contribution in [0.3, 0.4) is 0 Å². The molecule has 0 aliphatic carbocycles. The number of halogens is 1. The van der Waals surface area contributed by atoms with Crippen molar-refractivity contribution in [3.8, 4) is 0 Å². The number of carboxylic acid groups (broad SMARTS) is 1. The first-order chi connectivity index (χ1) is 4.68. The van der Waals surface area contributed by atoms with E-state index in [2.05, 4.69) is 31.2 Å². The van der Waals surface area contributed by atoms with E-state index in [0.717, 1.165) is 0 Å². The molecule has 0 aromatic carbocycles. The molecule has 0 spiro atoms. The highest BCUT2D eigenvalue weighted by Gasteiger charge is 2.20. The van der Waals surface area contributed by atoms with Crippen LogP contribution in [0.25, 0.3) is 0 Å². The van der Waals surface area contributed by atoms with E-state index in [1.54, 1.807) is 0 Å². The zero-order valence-electron chi connectivity index (χ0n) is 4.87. The molecular weight excluding hydrogens is 204 g/mol. The fourth-order valence-electron chi connectivity index (χ4n) is 0.563. The number of nitrogens with zero attached hydrogens (tertiary/aromatic N) is 1. The lowest BCUT2D eigenvalue weighted by Crippen LogP contribution is -2.33. The molecule has 1 amide bonds. The zero-order chi connectivity index (χ0) is 7.56. The molecule has 1 heterocycles. The second kappa shape index (κ2) is 2.87. The van der Waals surface area contributed by atoms with E-state index in [4.69, 9.17) is 5.11 Å². The highest BCUT2D eigenvalue weighted by atomic mass is 79.9. The van der Waals surface area contributed by atoms with Gasteiger partial charge in [-0.15, -0.1) is 0 Å². The maximum atomic E-state index is 10.0. The second-order valence-corrected chi connectivity index (χ2v) is 2.63. The molecule has 0 radical (unpaired) electrons. The lowest BCUT2D eigenvalue weighted by atomic mass is 10.4. The predicted octanol–water partition coefficient (Wildman–Crippen LogP) is 0.709. The van der Waals surface area contributed by atoms with Crippen molar-refractivity contribution in [2.75, 3.05) is 0 Å². The van der Waals surface area contributed by atoms with Crippen LogP contribution in [0.4, 0.5) is 4.79 Å². The Balaban J connectivity index is 2.29. The molecular formula is C4H5BrN2O3. The topological polar surface area (TPSA) is 70.9 Å². The summed E-state index contributed by atoms with van der Waals surface area (Å²) in [5.41, 5.74) is 0. The summed E-state index contributed by atoms with van der Waals surface area (Å²) in [6.45, 7) is 0. The normalized spacial score (nSPS) is 23.3. The van der Waals surface area contributed by atoms with Crippen LogP contribution < -0.4 is 5.32 Å². The molecule has 1 atom stereocenters. The standard InChI is InChI=1S/C4H5BrN2O3/c5-2-1-3(10-7-2)6-4(8)9/h3,6H,1H2,(H,8,9). The van der Waals surface area contributed by atoms with E-state index in [-0.39, 0.29) is 0 Å². The number of nitrogens with one attached hydrogen (secondary N) is 1. The first-order valence-electron chi connectivity index (χ1n) is 2.56. The molecule has 56 valence electrons. The van der Waals surface area contributed by atoms with Crippen LogP contribution in [-0.2, 0) is 4.84 Å². The number of oxime groups is 1. The van der Waals surface area contributed by atoms with Crippen molar-refractivity contribution in [3.63, 3.8) is 0 Å². The van der Waals surface area contributed by atoms with Crippen LogP contribution in [0, 0.1) is 0 Å². The monoisotopic (exact) mass is 208 g/mol. The summed E-state index contributed by atoms with van der Waals surface area (Å²) in [5, 5.41) is 13.8. The third-order valence-corrected chi connectivity index (χ3v) is 1.39. The Morgan fingerprint density at radius 2 is 2.70 bits per heavy atom. The van der Waals surface area contributed by atoms with Gasteiger partial charge < -0.3 is 9.94 Å². The van der Waals surface area contributed by atoms with Crippen LogP contribution >= 0.6 is 15.9 Å². The minimum atomic E-state index is -1.11. The highest BCUT2D eigenvalue weighted by molar-refractivity contribution is 9.18. The van der Waals surface area contributed by atoms with Gasteiger partial charge in [0.25, 0.3) is 0 Å². The minimum absolute atomic E-state index is 0.451. The first kappa shape index (κ1) is 7.33. The lowest BCUT2D eigenvalue weighted by molar-refractivity contribution is 0.0595. The number of hydrogen-bond donors (Lipinski definition) is 2. The van der Waals surface area contributed by atoms with Gasteiger partial charge in [-0.25, -0.2) is 4.79 Å². The maximum absolute atomic E-state index is 10.0. The summed E-state index contributed by atoms with van der Waals surface area (Å²) >= 11 is 3.06. The van der Waals surface area contributed by atoms with Gasteiger partial charge in [0, 0.05) is 0 Å². The van der Waals surface area contributed by atoms with Crippen molar-refractivity contribution < 1.29 is 14.7 Å². The van der Waals surface area contributed by atoms with Crippen LogP contribution in [0.15, 0.2) is 5.16 Å². The lowest BCUT2D eigenvalue weighted by Gasteiger charge is -2.05. The van der Waals surface area contributed by atoms with Crippen molar-refractivity contribution in [2.45, 2.75) is 12.6 Å². The van der Waals surface area contributed by atoms with Crippen molar-refractivity contribution in [1.82, 2.24) is 5.32 Å². The molecule has 1 unspecified atom stereocenters. The minimum Gasteiger partial charge on any atom is -0.465 e. The fraction of sp³-hybridized carbons (Fsp3) is 0.500. The summed E-state index contributed by atoms with van der Waals surface area (Å²) in [4.78, 5) is 14.6. The molecule has 0 aromatic rings. The summed E-state index contributed by atoms with van der Waals surface area (Å²) in [5.74, 6) is 0. The smallest absolute Gasteiger partial charge is 0.407 e. The van der Waals surface area contributed by atoms with Gasteiger partial charge in [-0.2, -0.15) is 0 Å². The quantitative estimate of drug-likeness (QED) is 0.667. The van der Waals surface area contributed by atoms with Gasteiger partial charge in [0.05, 0.1) is 6.42 Å². The average Bonchev–Trinajstić information content (AvgIpc) is 2.13. The number of rotatable bonds is 1. The van der Waals surface area contributed by atoms with Gasteiger partial charge in [0.2, 0.25) is 6.23 Å². The zero-order valence-corrected chi connectivity index (χ0v) is 6.46. The van der Waals surface area contributed by atoms with Crippen LogP contribution in [0.2, 0.25) is 0 Å².